The van der Waals surface area contributed by atoms with Crippen molar-refractivity contribution in [1.29, 1.82) is 0 Å². The predicted molar refractivity (Wildman–Crippen MR) is 98.2 cm³/mol. The van der Waals surface area contributed by atoms with Crippen molar-refractivity contribution in [2.75, 3.05) is 19.0 Å². The van der Waals surface area contributed by atoms with Crippen molar-refractivity contribution in [2.45, 2.75) is 13.3 Å². The maximum absolute atomic E-state index is 12.4. The molecule has 0 radical (unpaired) electrons. The van der Waals surface area contributed by atoms with Crippen LogP contribution in [0.2, 0.25) is 15.1 Å². The van der Waals surface area contributed by atoms with Gasteiger partial charge in [0.25, 0.3) is 5.91 Å². The van der Waals surface area contributed by atoms with Crippen molar-refractivity contribution >= 4 is 46.4 Å². The van der Waals surface area contributed by atoms with Crippen molar-refractivity contribution in [3.8, 4) is 11.5 Å². The van der Waals surface area contributed by atoms with E-state index in [1.54, 1.807) is 24.3 Å². The van der Waals surface area contributed by atoms with Gasteiger partial charge in [0.2, 0.25) is 0 Å². The molecular weight excluding hydrogens is 373 g/mol. The molecule has 2 aromatic carbocycles. The molecule has 0 atom stereocenters. The fourth-order valence-electron chi connectivity index (χ4n) is 1.98. The zero-order valence-corrected chi connectivity index (χ0v) is 15.4. The van der Waals surface area contributed by atoms with Crippen LogP contribution in [-0.2, 0) is 0 Å². The molecule has 0 unspecified atom stereocenters. The highest BCUT2D eigenvalue weighted by atomic mass is 35.5. The van der Waals surface area contributed by atoms with Crippen LogP contribution in [0.15, 0.2) is 30.3 Å². The molecular formula is C17H16Cl3NO3. The quantitative estimate of drug-likeness (QED) is 0.691. The topological polar surface area (TPSA) is 47.6 Å². The second-order valence-electron chi connectivity index (χ2n) is 4.92. The lowest BCUT2D eigenvalue weighted by atomic mass is 10.1. The zero-order chi connectivity index (χ0) is 17.7. The molecule has 24 heavy (non-hydrogen) atoms. The molecule has 0 bridgehead atoms. The molecule has 0 heterocycles. The summed E-state index contributed by atoms with van der Waals surface area (Å²) in [7, 11) is 1.49. The summed E-state index contributed by atoms with van der Waals surface area (Å²) < 4.78 is 10.8. The van der Waals surface area contributed by atoms with Crippen molar-refractivity contribution in [3.05, 3.63) is 51.0 Å². The number of methoxy groups -OCH3 is 1. The van der Waals surface area contributed by atoms with Crippen LogP contribution < -0.4 is 14.8 Å². The normalized spacial score (nSPS) is 10.4. The van der Waals surface area contributed by atoms with Gasteiger partial charge in [0.1, 0.15) is 0 Å². The minimum absolute atomic E-state index is 0.301. The maximum Gasteiger partial charge on any atom is 0.255 e. The maximum atomic E-state index is 12.4. The molecule has 1 amide bonds. The number of hydrogen-bond donors (Lipinski definition) is 1. The lowest BCUT2D eigenvalue weighted by Gasteiger charge is -2.14. The molecule has 2 rings (SSSR count). The van der Waals surface area contributed by atoms with E-state index in [-0.39, 0.29) is 5.91 Å². The minimum atomic E-state index is -0.374. The van der Waals surface area contributed by atoms with E-state index in [0.717, 1.165) is 6.42 Å². The summed E-state index contributed by atoms with van der Waals surface area (Å²) >= 11 is 18.1. The van der Waals surface area contributed by atoms with Gasteiger partial charge in [-0.1, -0.05) is 41.7 Å². The molecule has 0 saturated carbocycles. The first-order chi connectivity index (χ1) is 11.5. The molecule has 4 nitrogen and oxygen atoms in total. The highest BCUT2D eigenvalue weighted by molar-refractivity contribution is 6.37. The van der Waals surface area contributed by atoms with Gasteiger partial charge < -0.3 is 14.8 Å². The van der Waals surface area contributed by atoms with Crippen LogP contribution >= 0.6 is 34.8 Å². The first-order valence-corrected chi connectivity index (χ1v) is 8.36. The van der Waals surface area contributed by atoms with Gasteiger partial charge in [-0.25, -0.2) is 0 Å². The van der Waals surface area contributed by atoms with Crippen LogP contribution in [-0.4, -0.2) is 19.6 Å². The summed E-state index contributed by atoms with van der Waals surface area (Å²) in [6.07, 6.45) is 0.830. The number of hydrogen-bond acceptors (Lipinski definition) is 3. The lowest BCUT2D eigenvalue weighted by Crippen LogP contribution is -2.13. The van der Waals surface area contributed by atoms with E-state index in [0.29, 0.717) is 44.4 Å². The number of rotatable bonds is 6. The SMILES string of the molecule is CCCOc1c(Cl)cc(C(=O)Nc2ccc(Cl)cc2Cl)cc1OC. The molecule has 0 saturated heterocycles. The fraction of sp³-hybridized carbons (Fsp3) is 0.235. The Morgan fingerprint density at radius 3 is 2.50 bits per heavy atom. The summed E-state index contributed by atoms with van der Waals surface area (Å²) in [6, 6.07) is 7.90. The molecule has 1 N–H and O–H groups in total. The molecule has 128 valence electrons. The second kappa shape index (κ2) is 8.47. The summed E-state index contributed by atoms with van der Waals surface area (Å²) in [4.78, 5) is 12.4. The van der Waals surface area contributed by atoms with E-state index in [1.807, 2.05) is 6.92 Å². The minimum Gasteiger partial charge on any atom is -0.493 e. The third-order valence-corrected chi connectivity index (χ3v) is 3.95. The molecule has 0 spiro atoms. The van der Waals surface area contributed by atoms with Crippen LogP contribution in [0.4, 0.5) is 5.69 Å². The predicted octanol–water partition coefficient (Wildman–Crippen LogP) is 5.70. The van der Waals surface area contributed by atoms with E-state index in [2.05, 4.69) is 5.32 Å². The van der Waals surface area contributed by atoms with Gasteiger partial charge in [0.05, 0.1) is 29.4 Å². The Hall–Kier alpha value is -1.62. The third kappa shape index (κ3) is 4.47. The summed E-state index contributed by atoms with van der Waals surface area (Å²) in [5.41, 5.74) is 0.777. The van der Waals surface area contributed by atoms with Gasteiger partial charge >= 0.3 is 0 Å². The highest BCUT2D eigenvalue weighted by Crippen LogP contribution is 2.37. The van der Waals surface area contributed by atoms with E-state index < -0.39 is 0 Å². The third-order valence-electron chi connectivity index (χ3n) is 3.12. The average Bonchev–Trinajstić information content (AvgIpc) is 2.55. The Balaban J connectivity index is 2.27. The smallest absolute Gasteiger partial charge is 0.255 e. The first-order valence-electron chi connectivity index (χ1n) is 7.23. The van der Waals surface area contributed by atoms with Gasteiger partial charge in [0, 0.05) is 10.6 Å². The number of benzene rings is 2. The number of ether oxygens (including phenoxy) is 2. The molecule has 0 aliphatic rings. The van der Waals surface area contributed by atoms with Gasteiger partial charge in [-0.2, -0.15) is 0 Å². The number of nitrogens with one attached hydrogen (secondary N) is 1. The zero-order valence-electron chi connectivity index (χ0n) is 13.2. The van der Waals surface area contributed by atoms with Crippen LogP contribution in [0.3, 0.4) is 0 Å². The summed E-state index contributed by atoms with van der Waals surface area (Å²) in [5.74, 6) is 0.437. The van der Waals surface area contributed by atoms with Crippen molar-refractivity contribution in [2.24, 2.45) is 0 Å². The number of halogens is 3. The monoisotopic (exact) mass is 387 g/mol. The van der Waals surface area contributed by atoms with Gasteiger partial charge in [-0.3, -0.25) is 4.79 Å². The molecule has 2 aromatic rings. The van der Waals surface area contributed by atoms with E-state index >= 15 is 0 Å². The second-order valence-corrected chi connectivity index (χ2v) is 6.17. The Labute approximate surface area is 155 Å². The summed E-state index contributed by atoms with van der Waals surface area (Å²) in [5, 5.41) is 3.84. The highest BCUT2D eigenvalue weighted by Gasteiger charge is 2.16. The molecule has 0 fully saturated rings. The van der Waals surface area contributed by atoms with Crippen molar-refractivity contribution < 1.29 is 14.3 Å². The molecule has 0 aromatic heterocycles. The number of amides is 1. The van der Waals surface area contributed by atoms with Gasteiger partial charge in [-0.05, 0) is 36.8 Å². The van der Waals surface area contributed by atoms with Crippen molar-refractivity contribution in [3.63, 3.8) is 0 Å². The van der Waals surface area contributed by atoms with Crippen molar-refractivity contribution in [1.82, 2.24) is 0 Å². The largest absolute Gasteiger partial charge is 0.493 e. The Morgan fingerprint density at radius 2 is 1.88 bits per heavy atom. The lowest BCUT2D eigenvalue weighted by molar-refractivity contribution is 0.102. The van der Waals surface area contributed by atoms with Crippen LogP contribution in [0.5, 0.6) is 11.5 Å². The first kappa shape index (κ1) is 18.7. The van der Waals surface area contributed by atoms with Gasteiger partial charge in [-0.15, -0.1) is 0 Å². The van der Waals surface area contributed by atoms with E-state index in [1.165, 1.54) is 13.2 Å². The Bertz CT molecular complexity index is 750. The number of anilines is 1. The average molecular weight is 389 g/mol. The molecule has 0 aliphatic heterocycles. The van der Waals surface area contributed by atoms with E-state index in [4.69, 9.17) is 44.3 Å². The van der Waals surface area contributed by atoms with Crippen LogP contribution in [0, 0.1) is 0 Å². The van der Waals surface area contributed by atoms with Crippen LogP contribution in [0.25, 0.3) is 0 Å². The Morgan fingerprint density at radius 1 is 1.12 bits per heavy atom. The van der Waals surface area contributed by atoms with Crippen LogP contribution in [0.1, 0.15) is 23.7 Å². The molecule has 7 heteroatoms. The Kier molecular flexibility index (Phi) is 6.60. The van der Waals surface area contributed by atoms with E-state index in [9.17, 15) is 4.79 Å². The van der Waals surface area contributed by atoms with Gasteiger partial charge in [0.15, 0.2) is 11.5 Å². The molecule has 0 aliphatic carbocycles. The summed E-state index contributed by atoms with van der Waals surface area (Å²) in [6.45, 7) is 2.49. The number of carbonyl (C=O) groups is 1. The number of carbonyl (C=O) groups excluding carboxylic acids is 1. The standard InChI is InChI=1S/C17H16Cl3NO3/c1-3-6-24-16-13(20)7-10(8-15(16)23-2)17(22)21-14-5-4-11(18)9-12(14)19/h4-5,7-9H,3,6H2,1-2H3,(H,21,22). The fourth-order valence-corrected chi connectivity index (χ4v) is 2.70.